The van der Waals surface area contributed by atoms with E-state index >= 15 is 0 Å². The molecule has 0 saturated carbocycles. The van der Waals surface area contributed by atoms with Gasteiger partial charge in [-0.1, -0.05) is 83.5 Å². The molecule has 3 aromatic rings. The molecule has 2 atom stereocenters. The van der Waals surface area contributed by atoms with Crippen molar-refractivity contribution in [2.24, 2.45) is 10.1 Å². The Balaban J connectivity index is 1.34. The van der Waals surface area contributed by atoms with E-state index in [1.807, 2.05) is 35.3 Å². The molecule has 3 aromatic carbocycles. The van der Waals surface area contributed by atoms with Crippen LogP contribution < -0.4 is 5.32 Å². The monoisotopic (exact) mass is 502 g/mol. The van der Waals surface area contributed by atoms with Crippen LogP contribution in [0.4, 0.5) is 5.69 Å². The third-order valence-corrected chi connectivity index (χ3v) is 7.30. The fraction of sp³-hybridized carbons (Fsp3) is 0.185. The highest BCUT2D eigenvalue weighted by atomic mass is 35.5. The number of carbonyl (C=O) groups excluding carboxylic acids is 2. The number of hydrogen-bond donors (Lipinski definition) is 1. The van der Waals surface area contributed by atoms with Gasteiger partial charge in [-0.3, -0.25) is 9.59 Å². The van der Waals surface area contributed by atoms with Crippen LogP contribution in [-0.2, 0) is 9.59 Å². The molecule has 5 rings (SSSR count). The maximum atomic E-state index is 12.7. The molecule has 6 nitrogen and oxygen atoms in total. The number of aryl methyl sites for hydroxylation is 1. The van der Waals surface area contributed by atoms with Gasteiger partial charge in [0.05, 0.1) is 11.8 Å². The molecule has 2 heterocycles. The lowest BCUT2D eigenvalue weighted by Gasteiger charge is -2.23. The molecule has 176 valence electrons. The van der Waals surface area contributed by atoms with Crippen molar-refractivity contribution < 1.29 is 9.59 Å². The first-order valence-electron chi connectivity index (χ1n) is 11.3. The van der Waals surface area contributed by atoms with Gasteiger partial charge in [0.1, 0.15) is 5.25 Å². The summed E-state index contributed by atoms with van der Waals surface area (Å²) in [7, 11) is 0. The van der Waals surface area contributed by atoms with Gasteiger partial charge in [0, 0.05) is 23.6 Å². The number of nitrogens with one attached hydrogen (secondary N) is 1. The number of hydrogen-bond acceptors (Lipinski definition) is 5. The minimum atomic E-state index is -0.591. The van der Waals surface area contributed by atoms with E-state index in [4.69, 9.17) is 16.7 Å². The number of benzene rings is 3. The lowest BCUT2D eigenvalue weighted by Crippen LogP contribution is -2.25. The van der Waals surface area contributed by atoms with Gasteiger partial charge in [0.25, 0.3) is 5.91 Å². The van der Waals surface area contributed by atoms with E-state index in [1.165, 1.54) is 17.3 Å². The van der Waals surface area contributed by atoms with Gasteiger partial charge < -0.3 is 5.32 Å². The number of nitrogens with zero attached hydrogens (tertiary/aromatic N) is 3. The van der Waals surface area contributed by atoms with E-state index < -0.39 is 5.25 Å². The van der Waals surface area contributed by atoms with E-state index in [1.54, 1.807) is 24.3 Å². The zero-order valence-electron chi connectivity index (χ0n) is 19.0. The van der Waals surface area contributed by atoms with Gasteiger partial charge in [0.15, 0.2) is 5.17 Å². The van der Waals surface area contributed by atoms with Gasteiger partial charge in [-0.2, -0.15) is 10.1 Å². The summed E-state index contributed by atoms with van der Waals surface area (Å²) in [5, 5.41) is 10.1. The van der Waals surface area contributed by atoms with Crippen LogP contribution in [0.1, 0.15) is 35.6 Å². The molecule has 0 unspecified atom stereocenters. The zero-order valence-corrected chi connectivity index (χ0v) is 20.6. The van der Waals surface area contributed by atoms with Crippen LogP contribution in [0, 0.1) is 6.92 Å². The Labute approximate surface area is 213 Å². The van der Waals surface area contributed by atoms with Crippen LogP contribution in [0.2, 0.25) is 5.02 Å². The van der Waals surface area contributed by atoms with Gasteiger partial charge in [0.2, 0.25) is 5.91 Å². The predicted octanol–water partition coefficient (Wildman–Crippen LogP) is 5.83. The number of thioether (sulfide) groups is 1. The molecule has 35 heavy (non-hydrogen) atoms. The van der Waals surface area contributed by atoms with Crippen LogP contribution >= 0.6 is 23.4 Å². The van der Waals surface area contributed by atoms with Crippen LogP contribution in [0.5, 0.6) is 0 Å². The van der Waals surface area contributed by atoms with Crippen molar-refractivity contribution in [3.05, 3.63) is 101 Å². The van der Waals surface area contributed by atoms with Crippen LogP contribution in [0.3, 0.4) is 0 Å². The summed E-state index contributed by atoms with van der Waals surface area (Å²) in [5.41, 5.74) is 4.89. The van der Waals surface area contributed by atoms with Crippen molar-refractivity contribution in [2.45, 2.75) is 31.1 Å². The summed E-state index contributed by atoms with van der Waals surface area (Å²) in [5.74, 6) is -0.568. The molecule has 0 saturated heterocycles. The number of amides is 2. The van der Waals surface area contributed by atoms with Crippen LogP contribution in [0.15, 0.2) is 89.0 Å². The third kappa shape index (κ3) is 5.31. The Bertz CT molecular complexity index is 1310. The maximum absolute atomic E-state index is 12.7. The number of halogens is 1. The van der Waals surface area contributed by atoms with E-state index in [0.717, 1.165) is 16.8 Å². The lowest BCUT2D eigenvalue weighted by molar-refractivity contribution is -0.121. The molecule has 8 heteroatoms. The van der Waals surface area contributed by atoms with Crippen molar-refractivity contribution in [3.8, 4) is 0 Å². The van der Waals surface area contributed by atoms with Gasteiger partial charge in [-0.05, 0) is 42.3 Å². The van der Waals surface area contributed by atoms with E-state index in [2.05, 4.69) is 41.5 Å². The number of hydrazone groups is 1. The van der Waals surface area contributed by atoms with Crippen LogP contribution in [0.25, 0.3) is 0 Å². The Morgan fingerprint density at radius 1 is 1.06 bits per heavy atom. The number of aliphatic imine (C=N–C) groups is 1. The molecule has 0 radical (unpaired) electrons. The Hall–Kier alpha value is -3.42. The molecule has 0 aliphatic carbocycles. The van der Waals surface area contributed by atoms with Gasteiger partial charge in [-0.25, -0.2) is 5.01 Å². The van der Waals surface area contributed by atoms with Crippen LogP contribution in [-0.4, -0.2) is 33.0 Å². The fourth-order valence-electron chi connectivity index (χ4n) is 4.06. The molecular formula is C27H23ClN4O2S. The maximum Gasteiger partial charge on any atom is 0.262 e. The molecule has 2 amide bonds. The molecule has 0 spiro atoms. The second-order valence-electron chi connectivity index (χ2n) is 8.49. The van der Waals surface area contributed by atoms with Gasteiger partial charge >= 0.3 is 0 Å². The van der Waals surface area contributed by atoms with E-state index in [0.29, 0.717) is 22.3 Å². The first kappa shape index (κ1) is 23.3. The molecule has 2 aliphatic heterocycles. The van der Waals surface area contributed by atoms with Crippen molar-refractivity contribution in [1.29, 1.82) is 0 Å². The molecular weight excluding hydrogens is 480 g/mol. The quantitative estimate of drug-likeness (QED) is 0.476. The first-order valence-corrected chi connectivity index (χ1v) is 12.6. The Morgan fingerprint density at radius 2 is 1.77 bits per heavy atom. The van der Waals surface area contributed by atoms with Crippen molar-refractivity contribution in [1.82, 2.24) is 5.01 Å². The van der Waals surface area contributed by atoms with E-state index in [-0.39, 0.29) is 24.3 Å². The summed E-state index contributed by atoms with van der Waals surface area (Å²) in [6, 6.07) is 25.1. The number of carbonyl (C=O) groups is 2. The standard InChI is InChI=1S/C27H23ClN4O2S/c1-17-7-9-19(10-8-17)23-15-22(18-5-3-2-4-6-18)31-32(23)27-30-26(34)24(35-27)16-25(33)29-21-13-11-20(28)12-14-21/h2-14,23-24H,15-16H2,1H3,(H,29,33)/t23-,24-/m0/s1. The molecule has 0 aromatic heterocycles. The second-order valence-corrected chi connectivity index (χ2v) is 10.1. The number of rotatable bonds is 5. The summed E-state index contributed by atoms with van der Waals surface area (Å²) < 4.78 is 0. The lowest BCUT2D eigenvalue weighted by atomic mass is 9.98. The highest BCUT2D eigenvalue weighted by Crippen LogP contribution is 2.38. The zero-order chi connectivity index (χ0) is 24.4. The second kappa shape index (κ2) is 10.1. The summed E-state index contributed by atoms with van der Waals surface area (Å²) in [6.07, 6.45) is 0.722. The molecule has 1 N–H and O–H groups in total. The molecule has 0 fully saturated rings. The Morgan fingerprint density at radius 3 is 2.49 bits per heavy atom. The SMILES string of the molecule is Cc1ccc([C@@H]2CC(c3ccccc3)=NN2C2=NC(=O)[C@H](CC(=O)Nc3ccc(Cl)cc3)S2)cc1. The number of anilines is 1. The van der Waals surface area contributed by atoms with Crippen molar-refractivity contribution in [2.75, 3.05) is 5.32 Å². The average Bonchev–Trinajstić information content (AvgIpc) is 3.46. The largest absolute Gasteiger partial charge is 0.326 e. The Kier molecular flexibility index (Phi) is 6.70. The first-order chi connectivity index (χ1) is 17.0. The third-order valence-electron chi connectivity index (χ3n) is 5.90. The van der Waals surface area contributed by atoms with Gasteiger partial charge in [-0.15, -0.1) is 0 Å². The summed E-state index contributed by atoms with van der Waals surface area (Å²) in [4.78, 5) is 29.6. The van der Waals surface area contributed by atoms with E-state index in [9.17, 15) is 9.59 Å². The topological polar surface area (TPSA) is 74.1 Å². The van der Waals surface area contributed by atoms with Crippen molar-refractivity contribution >= 4 is 51.7 Å². The molecule has 0 bridgehead atoms. The summed E-state index contributed by atoms with van der Waals surface area (Å²) >= 11 is 7.20. The number of amidine groups is 1. The smallest absolute Gasteiger partial charge is 0.262 e. The molecule has 2 aliphatic rings. The average molecular weight is 503 g/mol. The minimum Gasteiger partial charge on any atom is -0.326 e. The normalized spacial score (nSPS) is 19.5. The predicted molar refractivity (Wildman–Crippen MR) is 142 cm³/mol. The summed E-state index contributed by atoms with van der Waals surface area (Å²) in [6.45, 7) is 2.05. The highest BCUT2D eigenvalue weighted by Gasteiger charge is 2.39. The highest BCUT2D eigenvalue weighted by molar-refractivity contribution is 8.15. The van der Waals surface area contributed by atoms with Crippen molar-refractivity contribution in [3.63, 3.8) is 0 Å². The minimum absolute atomic E-state index is 0.0252. The fourth-order valence-corrected chi connectivity index (χ4v) is 5.25.